The van der Waals surface area contributed by atoms with Crippen LogP contribution in [0.5, 0.6) is 0 Å². The van der Waals surface area contributed by atoms with Gasteiger partial charge in [0.2, 0.25) is 0 Å². The number of carbonyl (C=O) groups is 3. The summed E-state index contributed by atoms with van der Waals surface area (Å²) in [5.74, 6) is -2.97. The summed E-state index contributed by atoms with van der Waals surface area (Å²) in [6.45, 7) is 1.24. The number of ketones is 1. The van der Waals surface area contributed by atoms with Gasteiger partial charge in [-0.2, -0.15) is 0 Å². The molecule has 1 atom stereocenters. The van der Waals surface area contributed by atoms with Crippen molar-refractivity contribution < 1.29 is 29.0 Å². The predicted octanol–water partition coefficient (Wildman–Crippen LogP) is 1.50. The Labute approximate surface area is 121 Å². The minimum atomic E-state index is -1.94. The summed E-state index contributed by atoms with van der Waals surface area (Å²) in [5.41, 5.74) is -2.03. The molecule has 2 rings (SSSR count). The van der Waals surface area contributed by atoms with Gasteiger partial charge in [0.25, 0.3) is 0 Å². The number of rotatable bonds is 2. The normalized spacial score (nSPS) is 20.8. The second kappa shape index (κ2) is 5.05. The van der Waals surface area contributed by atoms with E-state index in [2.05, 4.69) is 9.47 Å². The maximum Gasteiger partial charge on any atom is 0.339 e. The Morgan fingerprint density at radius 2 is 1.67 bits per heavy atom. The van der Waals surface area contributed by atoms with Gasteiger partial charge in [-0.3, -0.25) is 9.59 Å². The first-order valence-electron chi connectivity index (χ1n) is 6.14. The third kappa shape index (κ3) is 1.91. The smallest absolute Gasteiger partial charge is 0.339 e. The van der Waals surface area contributed by atoms with Crippen LogP contribution in [-0.2, 0) is 19.1 Å². The van der Waals surface area contributed by atoms with Crippen LogP contribution in [0, 0.1) is 5.41 Å². The summed E-state index contributed by atoms with van der Waals surface area (Å²) in [5, 5.41) is 10.3. The number of carbonyl (C=O) groups excluding carboxylic acids is 3. The molecule has 0 spiro atoms. The molecule has 0 fully saturated rings. The van der Waals surface area contributed by atoms with Crippen LogP contribution < -0.4 is 0 Å². The van der Waals surface area contributed by atoms with Crippen molar-refractivity contribution in [2.75, 3.05) is 14.2 Å². The van der Waals surface area contributed by atoms with Gasteiger partial charge in [0.15, 0.2) is 11.2 Å². The minimum absolute atomic E-state index is 0.149. The van der Waals surface area contributed by atoms with E-state index in [9.17, 15) is 19.5 Å². The molecule has 0 amide bonds. The van der Waals surface area contributed by atoms with Crippen molar-refractivity contribution >= 4 is 23.5 Å². The number of benzene rings is 1. The van der Waals surface area contributed by atoms with Crippen LogP contribution in [0.15, 0.2) is 29.8 Å². The molecule has 1 unspecified atom stereocenters. The molecule has 0 radical (unpaired) electrons. The highest BCUT2D eigenvalue weighted by Gasteiger charge is 2.54. The van der Waals surface area contributed by atoms with E-state index in [1.165, 1.54) is 19.1 Å². The number of hydrogen-bond donors (Lipinski definition) is 1. The van der Waals surface area contributed by atoms with Crippen LogP contribution in [0.1, 0.15) is 22.8 Å². The highest BCUT2D eigenvalue weighted by atomic mass is 16.5. The van der Waals surface area contributed by atoms with Crippen molar-refractivity contribution in [1.82, 2.24) is 0 Å². The lowest BCUT2D eigenvalue weighted by Gasteiger charge is -2.31. The number of fused-ring (bicyclic) bond motifs is 1. The molecule has 0 bridgehead atoms. The molecule has 0 saturated carbocycles. The van der Waals surface area contributed by atoms with Crippen molar-refractivity contribution in [3.05, 3.63) is 41.0 Å². The molecular formula is C15H14O6. The van der Waals surface area contributed by atoms with E-state index in [1.54, 1.807) is 12.1 Å². The van der Waals surface area contributed by atoms with Crippen LogP contribution in [-0.4, -0.2) is 37.0 Å². The lowest BCUT2D eigenvalue weighted by Crippen LogP contribution is -2.45. The molecule has 1 aromatic rings. The van der Waals surface area contributed by atoms with E-state index in [0.29, 0.717) is 0 Å². The number of hydrogen-bond acceptors (Lipinski definition) is 6. The lowest BCUT2D eigenvalue weighted by molar-refractivity contribution is -0.150. The fraction of sp³-hybridized carbons (Fsp3) is 0.267. The topological polar surface area (TPSA) is 89.9 Å². The number of ether oxygens (including phenoxy) is 2. The Bertz CT molecular complexity index is 672. The number of esters is 2. The summed E-state index contributed by atoms with van der Waals surface area (Å²) >= 11 is 0. The van der Waals surface area contributed by atoms with E-state index in [0.717, 1.165) is 14.2 Å². The van der Waals surface area contributed by atoms with E-state index < -0.39 is 34.5 Å². The van der Waals surface area contributed by atoms with Gasteiger partial charge in [-0.1, -0.05) is 24.3 Å². The number of Topliss-reactive ketones (excluding diaryl/α,β-unsaturated/α-hetero) is 1. The monoisotopic (exact) mass is 290 g/mol. The number of methoxy groups -OCH3 is 2. The zero-order valence-corrected chi connectivity index (χ0v) is 11.8. The third-order valence-electron chi connectivity index (χ3n) is 3.60. The van der Waals surface area contributed by atoms with E-state index in [1.807, 2.05) is 0 Å². The molecule has 1 aliphatic rings. The zero-order valence-electron chi connectivity index (χ0n) is 11.8. The number of aliphatic hydroxyl groups excluding tert-OH is 1. The van der Waals surface area contributed by atoms with Crippen LogP contribution in [0.25, 0.3) is 5.76 Å². The molecule has 21 heavy (non-hydrogen) atoms. The second-order valence-electron chi connectivity index (χ2n) is 4.71. The Morgan fingerprint density at radius 3 is 2.19 bits per heavy atom. The van der Waals surface area contributed by atoms with Crippen LogP contribution in [0.3, 0.4) is 0 Å². The van der Waals surface area contributed by atoms with E-state index >= 15 is 0 Å². The van der Waals surface area contributed by atoms with Crippen molar-refractivity contribution in [2.45, 2.75) is 6.92 Å². The highest BCUT2D eigenvalue weighted by Crippen LogP contribution is 2.43. The Morgan fingerprint density at radius 1 is 1.10 bits per heavy atom. The maximum absolute atomic E-state index is 12.7. The van der Waals surface area contributed by atoms with E-state index in [-0.39, 0.29) is 11.1 Å². The van der Waals surface area contributed by atoms with Crippen molar-refractivity contribution in [3.63, 3.8) is 0 Å². The Balaban J connectivity index is 2.84. The molecule has 1 aliphatic carbocycles. The molecule has 0 aromatic heterocycles. The zero-order chi connectivity index (χ0) is 15.8. The fourth-order valence-electron chi connectivity index (χ4n) is 2.44. The third-order valence-corrected chi connectivity index (χ3v) is 3.60. The van der Waals surface area contributed by atoms with Gasteiger partial charge in [-0.25, -0.2) is 4.79 Å². The quantitative estimate of drug-likeness (QED) is 0.656. The van der Waals surface area contributed by atoms with Gasteiger partial charge >= 0.3 is 11.9 Å². The first-order chi connectivity index (χ1) is 9.89. The van der Waals surface area contributed by atoms with Crippen molar-refractivity contribution in [3.8, 4) is 0 Å². The van der Waals surface area contributed by atoms with Crippen LogP contribution in [0.4, 0.5) is 0 Å². The SMILES string of the molecule is COC(=O)C1=C(O)c2ccccc2C(=O)C1(C)C(=O)OC. The van der Waals surface area contributed by atoms with Gasteiger partial charge in [0.1, 0.15) is 11.3 Å². The summed E-state index contributed by atoms with van der Waals surface area (Å²) in [6.07, 6.45) is 0. The molecule has 6 heteroatoms. The predicted molar refractivity (Wildman–Crippen MR) is 72.5 cm³/mol. The molecule has 110 valence electrons. The second-order valence-corrected chi connectivity index (χ2v) is 4.71. The summed E-state index contributed by atoms with van der Waals surface area (Å²) in [6, 6.07) is 6.17. The molecule has 0 heterocycles. The van der Waals surface area contributed by atoms with Gasteiger partial charge in [0.05, 0.1) is 14.2 Å². The maximum atomic E-state index is 12.7. The fourth-order valence-corrected chi connectivity index (χ4v) is 2.44. The highest BCUT2D eigenvalue weighted by molar-refractivity contribution is 6.24. The average Bonchev–Trinajstić information content (AvgIpc) is 2.51. The molecule has 0 saturated heterocycles. The molecule has 1 N–H and O–H groups in total. The average molecular weight is 290 g/mol. The van der Waals surface area contributed by atoms with Gasteiger partial charge in [-0.05, 0) is 6.92 Å². The first-order valence-corrected chi connectivity index (χ1v) is 6.14. The van der Waals surface area contributed by atoms with Crippen LogP contribution in [0.2, 0.25) is 0 Å². The molecule has 6 nitrogen and oxygen atoms in total. The minimum Gasteiger partial charge on any atom is -0.507 e. The Kier molecular flexibility index (Phi) is 3.55. The largest absolute Gasteiger partial charge is 0.507 e. The molecular weight excluding hydrogens is 276 g/mol. The summed E-state index contributed by atoms with van der Waals surface area (Å²) < 4.78 is 9.24. The van der Waals surface area contributed by atoms with Crippen molar-refractivity contribution in [1.29, 1.82) is 0 Å². The van der Waals surface area contributed by atoms with Gasteiger partial charge in [0, 0.05) is 11.1 Å². The van der Waals surface area contributed by atoms with Gasteiger partial charge in [-0.15, -0.1) is 0 Å². The summed E-state index contributed by atoms with van der Waals surface area (Å²) in [4.78, 5) is 36.7. The van der Waals surface area contributed by atoms with Crippen LogP contribution >= 0.6 is 0 Å². The first kappa shape index (κ1) is 14.8. The summed E-state index contributed by atoms with van der Waals surface area (Å²) in [7, 11) is 2.21. The van der Waals surface area contributed by atoms with E-state index in [4.69, 9.17) is 0 Å². The molecule has 0 aliphatic heterocycles. The standard InChI is InChI=1S/C15H14O6/c1-15(14(19)21-3)10(13(18)20-2)11(16)8-6-4-5-7-9(8)12(15)17/h4-7,16H,1-3H3. The Hall–Kier alpha value is -2.63. The lowest BCUT2D eigenvalue weighted by atomic mass is 9.70. The number of aliphatic hydroxyl groups is 1. The van der Waals surface area contributed by atoms with Gasteiger partial charge < -0.3 is 14.6 Å². The van der Waals surface area contributed by atoms with Crippen molar-refractivity contribution in [2.24, 2.45) is 5.41 Å². The molecule has 1 aromatic carbocycles.